The molecule has 1 saturated heterocycles. The molecule has 3 aromatic carbocycles. The Kier molecular flexibility index (Phi) is 4.00. The molecule has 1 unspecified atom stereocenters. The molecule has 1 atom stereocenters. The summed E-state index contributed by atoms with van der Waals surface area (Å²) >= 11 is 0. The van der Waals surface area contributed by atoms with Gasteiger partial charge in [-0.25, -0.2) is 0 Å². The Hall–Kier alpha value is -1.95. The number of rotatable bonds is 3. The highest BCUT2D eigenvalue weighted by Crippen LogP contribution is 2.33. The summed E-state index contributed by atoms with van der Waals surface area (Å²) in [5.74, 6) is 0. The maximum Gasteiger partial charge on any atom is 0.245 e. The lowest BCUT2D eigenvalue weighted by molar-refractivity contribution is 0.596. The van der Waals surface area contributed by atoms with Gasteiger partial charge in [0.05, 0.1) is 0 Å². The first-order valence-electron chi connectivity index (χ1n) is 8.60. The monoisotopic (exact) mass is 346 g/mol. The number of benzene rings is 3. The van der Waals surface area contributed by atoms with Gasteiger partial charge in [0.25, 0.3) is 0 Å². The fraction of sp³-hybridized carbons (Fsp3) is 0.143. The van der Waals surface area contributed by atoms with Crippen LogP contribution in [-0.4, -0.2) is 16.6 Å². The maximum absolute atomic E-state index is 7.17. The van der Waals surface area contributed by atoms with Gasteiger partial charge < -0.3 is 4.12 Å². The van der Waals surface area contributed by atoms with E-state index in [-0.39, 0.29) is 0 Å². The first-order valence-corrected chi connectivity index (χ1v) is 13.3. The van der Waals surface area contributed by atoms with Crippen molar-refractivity contribution in [3.05, 3.63) is 91.0 Å². The first kappa shape index (κ1) is 15.6. The molecule has 0 aromatic heterocycles. The van der Waals surface area contributed by atoms with Gasteiger partial charge in [-0.15, -0.1) is 0 Å². The van der Waals surface area contributed by atoms with Gasteiger partial charge in [0, 0.05) is 0 Å². The van der Waals surface area contributed by atoms with Crippen molar-refractivity contribution in [3.8, 4) is 0 Å². The Labute approximate surface area is 146 Å². The second-order valence-corrected chi connectivity index (χ2v) is 14.4. The molecule has 0 aliphatic carbocycles. The van der Waals surface area contributed by atoms with Crippen LogP contribution in [0.15, 0.2) is 91.0 Å². The van der Waals surface area contributed by atoms with Gasteiger partial charge in [0.1, 0.15) is 0 Å². The topological polar surface area (TPSA) is 9.23 Å². The van der Waals surface area contributed by atoms with Crippen molar-refractivity contribution in [2.75, 3.05) is 0 Å². The SMILES string of the molecule is C[Si]1(c2ccccc2)CC[Si](c2ccccc2)(c2ccccc2)O1. The molecule has 0 N–H and O–H groups in total. The minimum atomic E-state index is -2.14. The van der Waals surface area contributed by atoms with E-state index < -0.39 is 16.6 Å². The van der Waals surface area contributed by atoms with Crippen molar-refractivity contribution >= 4 is 32.2 Å². The highest BCUT2D eigenvalue weighted by molar-refractivity contribution is 7.08. The van der Waals surface area contributed by atoms with Gasteiger partial charge in [0.15, 0.2) is 0 Å². The Morgan fingerprint density at radius 2 is 1.00 bits per heavy atom. The average Bonchev–Trinajstić information content (AvgIpc) is 3.04. The highest BCUT2D eigenvalue weighted by Gasteiger charge is 2.53. The van der Waals surface area contributed by atoms with Crippen LogP contribution in [0.4, 0.5) is 0 Å². The summed E-state index contributed by atoms with van der Waals surface area (Å²) in [7, 11) is -4.04. The van der Waals surface area contributed by atoms with Gasteiger partial charge >= 0.3 is 0 Å². The van der Waals surface area contributed by atoms with Crippen LogP contribution in [0.3, 0.4) is 0 Å². The molecule has 1 nitrogen and oxygen atoms in total. The van der Waals surface area contributed by atoms with Gasteiger partial charge in [0.2, 0.25) is 16.6 Å². The lowest BCUT2D eigenvalue weighted by Crippen LogP contribution is -2.62. The van der Waals surface area contributed by atoms with E-state index in [4.69, 9.17) is 4.12 Å². The molecule has 0 amide bonds. The molecule has 0 spiro atoms. The van der Waals surface area contributed by atoms with E-state index in [2.05, 4.69) is 97.5 Å². The van der Waals surface area contributed by atoms with Crippen LogP contribution in [0.2, 0.25) is 18.6 Å². The predicted molar refractivity (Wildman–Crippen MR) is 106 cm³/mol. The van der Waals surface area contributed by atoms with Crippen molar-refractivity contribution in [2.24, 2.45) is 0 Å². The van der Waals surface area contributed by atoms with Crippen LogP contribution < -0.4 is 15.6 Å². The van der Waals surface area contributed by atoms with Crippen molar-refractivity contribution in [1.29, 1.82) is 0 Å². The van der Waals surface area contributed by atoms with E-state index in [0.29, 0.717) is 0 Å². The largest absolute Gasteiger partial charge is 0.445 e. The summed E-state index contributed by atoms with van der Waals surface area (Å²) in [6.07, 6.45) is 0. The van der Waals surface area contributed by atoms with E-state index in [1.807, 2.05) is 0 Å². The van der Waals surface area contributed by atoms with Crippen LogP contribution in [0, 0.1) is 0 Å². The highest BCUT2D eigenvalue weighted by atomic mass is 28.4. The molecular formula is C21H22OSi2. The summed E-state index contributed by atoms with van der Waals surface area (Å²) in [6.45, 7) is 2.39. The fourth-order valence-corrected chi connectivity index (χ4v) is 16.1. The third kappa shape index (κ3) is 2.59. The Morgan fingerprint density at radius 3 is 1.46 bits per heavy atom. The maximum atomic E-state index is 7.17. The van der Waals surface area contributed by atoms with Gasteiger partial charge in [-0.05, 0) is 34.2 Å². The molecule has 1 heterocycles. The van der Waals surface area contributed by atoms with Crippen molar-refractivity contribution in [2.45, 2.75) is 18.6 Å². The molecule has 1 aliphatic heterocycles. The summed E-state index contributed by atoms with van der Waals surface area (Å²) in [4.78, 5) is 0. The normalized spacial score (nSPS) is 22.4. The smallest absolute Gasteiger partial charge is 0.245 e. The molecule has 120 valence electrons. The van der Waals surface area contributed by atoms with E-state index in [0.717, 1.165) is 0 Å². The third-order valence-electron chi connectivity index (χ3n) is 5.22. The molecule has 0 saturated carbocycles. The zero-order valence-corrected chi connectivity index (χ0v) is 16.0. The molecule has 1 fully saturated rings. The van der Waals surface area contributed by atoms with E-state index in [1.54, 1.807) is 0 Å². The van der Waals surface area contributed by atoms with E-state index in [9.17, 15) is 0 Å². The lowest BCUT2D eigenvalue weighted by atomic mass is 10.4. The first-order chi connectivity index (χ1) is 11.7. The minimum absolute atomic E-state index is 1.18. The number of hydrogen-bond donors (Lipinski definition) is 0. The second-order valence-electron chi connectivity index (χ2n) is 6.76. The number of hydrogen-bond acceptors (Lipinski definition) is 1. The fourth-order valence-electron chi connectivity index (χ4n) is 3.88. The summed E-state index contributed by atoms with van der Waals surface area (Å²) < 4.78 is 7.17. The van der Waals surface area contributed by atoms with Crippen molar-refractivity contribution in [3.63, 3.8) is 0 Å². The standard InChI is InChI=1S/C21H22OSi2/c1-23(19-11-5-2-6-12-19)17-18-24(22-23,20-13-7-3-8-14-20)21-15-9-4-10-16-21/h2-16H,17-18H2,1H3. The summed E-state index contributed by atoms with van der Waals surface area (Å²) in [6, 6.07) is 35.1. The lowest BCUT2D eigenvalue weighted by Gasteiger charge is -2.32. The van der Waals surface area contributed by atoms with E-state index in [1.165, 1.54) is 27.6 Å². The molecule has 0 radical (unpaired) electrons. The van der Waals surface area contributed by atoms with Crippen LogP contribution in [0.1, 0.15) is 0 Å². The Morgan fingerprint density at radius 1 is 0.583 bits per heavy atom. The van der Waals surface area contributed by atoms with Gasteiger partial charge in [-0.2, -0.15) is 0 Å². The zero-order chi connectivity index (χ0) is 16.5. The van der Waals surface area contributed by atoms with Crippen LogP contribution in [-0.2, 0) is 4.12 Å². The minimum Gasteiger partial charge on any atom is -0.445 e. The van der Waals surface area contributed by atoms with Crippen LogP contribution in [0.25, 0.3) is 0 Å². The average molecular weight is 347 g/mol. The van der Waals surface area contributed by atoms with Gasteiger partial charge in [-0.3, -0.25) is 0 Å². The van der Waals surface area contributed by atoms with Crippen LogP contribution in [0.5, 0.6) is 0 Å². The second kappa shape index (κ2) is 6.17. The van der Waals surface area contributed by atoms with Crippen molar-refractivity contribution in [1.82, 2.24) is 0 Å². The van der Waals surface area contributed by atoms with Gasteiger partial charge in [-0.1, -0.05) is 91.0 Å². The molecule has 3 aromatic rings. The predicted octanol–water partition coefficient (Wildman–Crippen LogP) is 3.26. The Bertz CT molecular complexity index is 766. The summed E-state index contributed by atoms with van der Waals surface area (Å²) in [5.41, 5.74) is 0. The van der Waals surface area contributed by atoms with Crippen LogP contribution >= 0.6 is 0 Å². The molecule has 1 aliphatic rings. The molecule has 24 heavy (non-hydrogen) atoms. The van der Waals surface area contributed by atoms with E-state index >= 15 is 0 Å². The molecule has 4 rings (SSSR count). The molecule has 0 bridgehead atoms. The third-order valence-corrected chi connectivity index (χ3v) is 15.2. The quantitative estimate of drug-likeness (QED) is 0.662. The Balaban J connectivity index is 1.82. The zero-order valence-electron chi connectivity index (χ0n) is 14.0. The molecule has 3 heteroatoms. The summed E-state index contributed by atoms with van der Waals surface area (Å²) in [5, 5.41) is 4.23. The van der Waals surface area contributed by atoms with Crippen molar-refractivity contribution < 1.29 is 4.12 Å². The molecular weight excluding hydrogens is 324 g/mol.